The van der Waals surface area contributed by atoms with Gasteiger partial charge < -0.3 is 19.5 Å². The van der Waals surface area contributed by atoms with Crippen molar-refractivity contribution >= 4 is 11.0 Å². The van der Waals surface area contributed by atoms with Crippen LogP contribution in [0, 0.1) is 5.82 Å². The number of nitrogens with zero attached hydrogens (tertiary/aromatic N) is 5. The molecule has 0 bridgehead atoms. The van der Waals surface area contributed by atoms with Crippen LogP contribution in [-0.2, 0) is 4.74 Å². The van der Waals surface area contributed by atoms with Gasteiger partial charge in [-0.25, -0.2) is 19.0 Å². The van der Waals surface area contributed by atoms with Crippen LogP contribution in [0.15, 0.2) is 43.2 Å². The highest BCUT2D eigenvalue weighted by molar-refractivity contribution is 5.81. The molecule has 9 heteroatoms. The van der Waals surface area contributed by atoms with E-state index in [1.807, 2.05) is 13.8 Å². The molecule has 0 spiro atoms. The van der Waals surface area contributed by atoms with E-state index in [0.29, 0.717) is 22.8 Å². The first-order valence-electron chi connectivity index (χ1n) is 9.87. The minimum absolute atomic E-state index is 0.0139. The van der Waals surface area contributed by atoms with E-state index in [1.54, 1.807) is 6.20 Å². The van der Waals surface area contributed by atoms with E-state index in [2.05, 4.69) is 26.5 Å². The monoisotopic (exact) mass is 413 g/mol. The summed E-state index contributed by atoms with van der Waals surface area (Å²) in [6, 6.07) is 3.88. The molecule has 0 saturated carbocycles. The normalized spacial score (nSPS) is 15.0. The van der Waals surface area contributed by atoms with Crippen LogP contribution in [0.3, 0.4) is 0 Å². The first kappa shape index (κ1) is 19.9. The number of halogens is 1. The number of aromatic nitrogens is 4. The molecule has 4 rings (SSSR count). The van der Waals surface area contributed by atoms with Crippen molar-refractivity contribution in [1.29, 1.82) is 0 Å². The summed E-state index contributed by atoms with van der Waals surface area (Å²) in [5, 5.41) is 14.3. The average Bonchev–Trinajstić information content (AvgIpc) is 3.13. The van der Waals surface area contributed by atoms with Gasteiger partial charge in [0.05, 0.1) is 12.3 Å². The summed E-state index contributed by atoms with van der Waals surface area (Å²) in [5.74, 6) is 0.350. The SMILES string of the molecule is C=C(OC(C)C)N1CCC(Oc2ncnc3c2cnn3-c2ccc(O)cc2F)CC1. The summed E-state index contributed by atoms with van der Waals surface area (Å²) in [7, 11) is 0. The second-order valence-electron chi connectivity index (χ2n) is 7.47. The van der Waals surface area contributed by atoms with Gasteiger partial charge in [-0.05, 0) is 32.6 Å². The number of hydrogen-bond acceptors (Lipinski definition) is 7. The topological polar surface area (TPSA) is 85.5 Å². The average molecular weight is 413 g/mol. The summed E-state index contributed by atoms with van der Waals surface area (Å²) in [6.07, 6.45) is 4.61. The van der Waals surface area contributed by atoms with E-state index in [-0.39, 0.29) is 23.6 Å². The number of phenolic OH excluding ortho intramolecular Hbond substituents is 1. The molecule has 30 heavy (non-hydrogen) atoms. The molecule has 2 aromatic heterocycles. The number of ether oxygens (including phenoxy) is 2. The van der Waals surface area contributed by atoms with Crippen molar-refractivity contribution in [2.75, 3.05) is 13.1 Å². The van der Waals surface area contributed by atoms with Crippen molar-refractivity contribution in [3.63, 3.8) is 0 Å². The van der Waals surface area contributed by atoms with Gasteiger partial charge >= 0.3 is 0 Å². The third-order valence-electron chi connectivity index (χ3n) is 4.93. The lowest BCUT2D eigenvalue weighted by Gasteiger charge is -2.34. The smallest absolute Gasteiger partial charge is 0.228 e. The number of benzene rings is 1. The van der Waals surface area contributed by atoms with E-state index in [4.69, 9.17) is 9.47 Å². The molecule has 0 aliphatic carbocycles. The maximum Gasteiger partial charge on any atom is 0.228 e. The van der Waals surface area contributed by atoms with E-state index >= 15 is 0 Å². The standard InChI is InChI=1S/C21H24FN5O3/c1-13(2)29-14(3)26-8-6-16(7-9-26)30-21-17-11-25-27(20(17)23-12-24-21)19-5-4-15(28)10-18(19)22/h4-5,10-13,16,28H,3,6-9H2,1-2H3. The zero-order chi connectivity index (χ0) is 21.3. The molecule has 3 heterocycles. The van der Waals surface area contributed by atoms with Gasteiger partial charge in [-0.1, -0.05) is 0 Å². The predicted octanol–water partition coefficient (Wildman–Crippen LogP) is 3.40. The Hall–Kier alpha value is -3.36. The fourth-order valence-electron chi connectivity index (χ4n) is 3.49. The Morgan fingerprint density at radius 3 is 2.73 bits per heavy atom. The maximum absolute atomic E-state index is 14.3. The molecule has 1 N–H and O–H groups in total. The lowest BCUT2D eigenvalue weighted by Crippen LogP contribution is -2.38. The van der Waals surface area contributed by atoms with Crippen molar-refractivity contribution in [2.24, 2.45) is 0 Å². The Balaban J connectivity index is 1.50. The highest BCUT2D eigenvalue weighted by Gasteiger charge is 2.24. The number of aromatic hydroxyl groups is 1. The van der Waals surface area contributed by atoms with Crippen molar-refractivity contribution < 1.29 is 19.0 Å². The molecule has 1 aliphatic rings. The molecule has 8 nitrogen and oxygen atoms in total. The minimum Gasteiger partial charge on any atom is -0.508 e. The number of piperidine rings is 1. The number of fused-ring (bicyclic) bond motifs is 1. The minimum atomic E-state index is -0.600. The van der Waals surface area contributed by atoms with Crippen LogP contribution in [0.5, 0.6) is 11.6 Å². The second-order valence-corrected chi connectivity index (χ2v) is 7.47. The Morgan fingerprint density at radius 2 is 2.03 bits per heavy atom. The van der Waals surface area contributed by atoms with E-state index in [9.17, 15) is 9.50 Å². The van der Waals surface area contributed by atoms with Crippen LogP contribution in [0.25, 0.3) is 16.7 Å². The van der Waals surface area contributed by atoms with Crippen molar-refractivity contribution in [2.45, 2.75) is 38.9 Å². The fraction of sp³-hybridized carbons (Fsp3) is 0.381. The van der Waals surface area contributed by atoms with E-state index in [1.165, 1.54) is 23.1 Å². The molecular weight excluding hydrogens is 389 g/mol. The molecule has 0 amide bonds. The van der Waals surface area contributed by atoms with E-state index in [0.717, 1.165) is 32.0 Å². The third-order valence-corrected chi connectivity index (χ3v) is 4.93. The molecule has 1 aromatic carbocycles. The molecule has 3 aromatic rings. The van der Waals surface area contributed by atoms with Crippen LogP contribution in [0.4, 0.5) is 4.39 Å². The Bertz CT molecular complexity index is 1060. The van der Waals surface area contributed by atoms with Gasteiger partial charge in [0.2, 0.25) is 5.88 Å². The number of hydrogen-bond donors (Lipinski definition) is 1. The molecular formula is C21H24FN5O3. The fourth-order valence-corrected chi connectivity index (χ4v) is 3.49. The van der Waals surface area contributed by atoms with Crippen LogP contribution in [0.1, 0.15) is 26.7 Å². The Morgan fingerprint density at radius 1 is 1.27 bits per heavy atom. The predicted molar refractivity (Wildman–Crippen MR) is 109 cm³/mol. The Kier molecular flexibility index (Phi) is 5.43. The first-order valence-corrected chi connectivity index (χ1v) is 9.87. The lowest BCUT2D eigenvalue weighted by molar-refractivity contribution is 0.0380. The van der Waals surface area contributed by atoms with Gasteiger partial charge in [-0.3, -0.25) is 0 Å². The van der Waals surface area contributed by atoms with Gasteiger partial charge in [0.15, 0.2) is 17.3 Å². The summed E-state index contributed by atoms with van der Waals surface area (Å²) in [4.78, 5) is 10.6. The first-order chi connectivity index (χ1) is 14.4. The highest BCUT2D eigenvalue weighted by Crippen LogP contribution is 2.28. The lowest BCUT2D eigenvalue weighted by atomic mass is 10.1. The third kappa shape index (κ3) is 4.00. The zero-order valence-electron chi connectivity index (χ0n) is 17.0. The number of likely N-dealkylation sites (tertiary alicyclic amines) is 1. The number of phenols is 1. The molecule has 0 radical (unpaired) electrons. The maximum atomic E-state index is 14.3. The molecule has 158 valence electrons. The summed E-state index contributed by atoms with van der Waals surface area (Å²) < 4.78 is 27.5. The quantitative estimate of drug-likeness (QED) is 0.620. The van der Waals surface area contributed by atoms with Gasteiger partial charge in [0.25, 0.3) is 0 Å². The molecule has 1 saturated heterocycles. The van der Waals surface area contributed by atoms with Crippen molar-refractivity contribution in [3.05, 3.63) is 49.0 Å². The largest absolute Gasteiger partial charge is 0.508 e. The van der Waals surface area contributed by atoms with Gasteiger partial charge in [0, 0.05) is 32.0 Å². The van der Waals surface area contributed by atoms with Crippen LogP contribution in [0.2, 0.25) is 0 Å². The molecule has 1 aliphatic heterocycles. The van der Waals surface area contributed by atoms with E-state index < -0.39 is 5.82 Å². The second kappa shape index (κ2) is 8.17. The van der Waals surface area contributed by atoms with Gasteiger partial charge in [-0.2, -0.15) is 5.10 Å². The molecule has 0 atom stereocenters. The van der Waals surface area contributed by atoms with Crippen LogP contribution >= 0.6 is 0 Å². The van der Waals surface area contributed by atoms with Crippen LogP contribution < -0.4 is 4.74 Å². The summed E-state index contributed by atoms with van der Waals surface area (Å²) >= 11 is 0. The summed E-state index contributed by atoms with van der Waals surface area (Å²) in [5.41, 5.74) is 0.616. The summed E-state index contributed by atoms with van der Waals surface area (Å²) in [6.45, 7) is 9.51. The molecule has 0 unspecified atom stereocenters. The van der Waals surface area contributed by atoms with Crippen molar-refractivity contribution in [1.82, 2.24) is 24.6 Å². The molecule has 1 fully saturated rings. The highest BCUT2D eigenvalue weighted by atomic mass is 19.1. The zero-order valence-corrected chi connectivity index (χ0v) is 17.0. The van der Waals surface area contributed by atoms with Crippen molar-refractivity contribution in [3.8, 4) is 17.3 Å². The van der Waals surface area contributed by atoms with Gasteiger partial charge in [0.1, 0.15) is 29.3 Å². The number of rotatable bonds is 6. The Labute approximate surface area is 173 Å². The van der Waals surface area contributed by atoms with Gasteiger partial charge in [-0.15, -0.1) is 0 Å². The van der Waals surface area contributed by atoms with Crippen LogP contribution in [-0.4, -0.2) is 55.1 Å².